The minimum absolute atomic E-state index is 0.0338. The number of nitrogens with zero attached hydrogens (tertiary/aromatic N) is 3. The van der Waals surface area contributed by atoms with Gasteiger partial charge in [-0.3, -0.25) is 9.36 Å². The summed E-state index contributed by atoms with van der Waals surface area (Å²) in [4.78, 5) is 16.0. The molecule has 4 nitrogen and oxygen atoms in total. The third kappa shape index (κ3) is 2.71. The van der Waals surface area contributed by atoms with Gasteiger partial charge in [-0.25, -0.2) is 9.37 Å². The predicted molar refractivity (Wildman–Crippen MR) is 71.2 cm³/mol. The van der Waals surface area contributed by atoms with Gasteiger partial charge in [0.15, 0.2) is 0 Å². The van der Waals surface area contributed by atoms with E-state index in [2.05, 4.69) is 20.9 Å². The van der Waals surface area contributed by atoms with Crippen LogP contribution in [0, 0.1) is 24.1 Å². The predicted octanol–water partition coefficient (Wildman–Crippen LogP) is 2.37. The van der Waals surface area contributed by atoms with Crippen LogP contribution in [0.2, 0.25) is 0 Å². The zero-order valence-electron chi connectivity index (χ0n) is 10.0. The maximum Gasteiger partial charge on any atom is 0.268 e. The van der Waals surface area contributed by atoms with Gasteiger partial charge in [0.2, 0.25) is 0 Å². The fourth-order valence-corrected chi connectivity index (χ4v) is 1.94. The zero-order chi connectivity index (χ0) is 14.0. The van der Waals surface area contributed by atoms with Gasteiger partial charge in [0.25, 0.3) is 5.56 Å². The van der Waals surface area contributed by atoms with Gasteiger partial charge in [0.05, 0.1) is 30.2 Å². The molecule has 0 saturated carbocycles. The summed E-state index contributed by atoms with van der Waals surface area (Å²) in [6, 6.07) is 5.97. The Morgan fingerprint density at radius 2 is 2.26 bits per heavy atom. The third-order valence-corrected chi connectivity index (χ3v) is 3.59. The smallest absolute Gasteiger partial charge is 0.268 e. The quantitative estimate of drug-likeness (QED) is 0.853. The lowest BCUT2D eigenvalue weighted by molar-refractivity contribution is 0.593. The van der Waals surface area contributed by atoms with Crippen LogP contribution < -0.4 is 5.56 Å². The Hall–Kier alpha value is -2.00. The molecule has 1 aromatic carbocycles. The van der Waals surface area contributed by atoms with E-state index < -0.39 is 5.82 Å². The highest BCUT2D eigenvalue weighted by atomic mass is 79.9. The Labute approximate surface area is 117 Å². The number of nitriles is 1. The molecule has 1 heterocycles. The van der Waals surface area contributed by atoms with Crippen molar-refractivity contribution in [1.82, 2.24) is 9.55 Å². The molecule has 6 heteroatoms. The molecule has 2 aromatic rings. The molecule has 0 saturated heterocycles. The summed E-state index contributed by atoms with van der Waals surface area (Å²) in [7, 11) is 0. The summed E-state index contributed by atoms with van der Waals surface area (Å²) >= 11 is 3.15. The topological polar surface area (TPSA) is 58.7 Å². The van der Waals surface area contributed by atoms with E-state index in [0.29, 0.717) is 15.7 Å². The number of aromatic nitrogens is 2. The van der Waals surface area contributed by atoms with Gasteiger partial charge in [-0.15, -0.1) is 0 Å². The van der Waals surface area contributed by atoms with E-state index in [1.54, 1.807) is 6.92 Å². The molecule has 0 atom stereocenters. The molecule has 0 aliphatic carbocycles. The van der Waals surface area contributed by atoms with E-state index in [-0.39, 0.29) is 17.7 Å². The highest BCUT2D eigenvalue weighted by Gasteiger charge is 2.09. The Balaban J connectivity index is 2.45. The molecule has 0 radical (unpaired) electrons. The molecule has 0 unspecified atom stereocenters. The van der Waals surface area contributed by atoms with Crippen LogP contribution >= 0.6 is 15.9 Å². The molecule has 0 amide bonds. The van der Waals surface area contributed by atoms with Crippen LogP contribution in [-0.4, -0.2) is 9.55 Å². The van der Waals surface area contributed by atoms with Gasteiger partial charge < -0.3 is 0 Å². The van der Waals surface area contributed by atoms with Crippen LogP contribution in [-0.2, 0) is 6.54 Å². The van der Waals surface area contributed by atoms with Gasteiger partial charge in [-0.05, 0) is 41.1 Å². The molecule has 0 aliphatic heterocycles. The summed E-state index contributed by atoms with van der Waals surface area (Å²) in [6.45, 7) is 1.73. The number of halogens is 2. The largest absolute Gasteiger partial charge is 0.294 e. The Morgan fingerprint density at radius 3 is 2.95 bits per heavy atom. The Morgan fingerprint density at radius 1 is 1.53 bits per heavy atom. The van der Waals surface area contributed by atoms with Gasteiger partial charge in [-0.1, -0.05) is 0 Å². The average Bonchev–Trinajstić information content (AvgIpc) is 2.41. The maximum absolute atomic E-state index is 13.6. The second-order valence-electron chi connectivity index (χ2n) is 4.00. The lowest BCUT2D eigenvalue weighted by Gasteiger charge is -2.08. The highest BCUT2D eigenvalue weighted by molar-refractivity contribution is 9.10. The van der Waals surface area contributed by atoms with Crippen molar-refractivity contribution in [2.24, 2.45) is 0 Å². The molecular weight excluding hydrogens is 313 g/mol. The Kier molecular flexibility index (Phi) is 3.76. The fraction of sp³-hybridized carbons (Fsp3) is 0.154. The lowest BCUT2D eigenvalue weighted by atomic mass is 10.1. The number of benzene rings is 1. The Bertz CT molecular complexity index is 734. The second-order valence-corrected chi connectivity index (χ2v) is 4.79. The molecule has 1 aromatic heterocycles. The first kappa shape index (κ1) is 13.4. The summed E-state index contributed by atoms with van der Waals surface area (Å²) in [6.07, 6.45) is 1.36. The molecule has 0 spiro atoms. The number of hydrogen-bond donors (Lipinski definition) is 0. The van der Waals surface area contributed by atoms with E-state index in [1.165, 1.54) is 29.1 Å². The normalized spacial score (nSPS) is 10.2. The molecule has 19 heavy (non-hydrogen) atoms. The van der Waals surface area contributed by atoms with E-state index in [9.17, 15) is 9.18 Å². The average molecular weight is 322 g/mol. The minimum Gasteiger partial charge on any atom is -0.294 e. The van der Waals surface area contributed by atoms with Gasteiger partial charge in [-0.2, -0.15) is 5.26 Å². The fourth-order valence-electron chi connectivity index (χ4n) is 1.61. The second kappa shape index (κ2) is 5.33. The van der Waals surface area contributed by atoms with Crippen LogP contribution in [0.25, 0.3) is 0 Å². The van der Waals surface area contributed by atoms with E-state index in [0.717, 1.165) is 0 Å². The monoisotopic (exact) mass is 321 g/mol. The summed E-state index contributed by atoms with van der Waals surface area (Å²) in [5.41, 5.74) is 0.920. The van der Waals surface area contributed by atoms with Crippen molar-refractivity contribution in [3.8, 4) is 6.07 Å². The van der Waals surface area contributed by atoms with E-state index in [1.807, 2.05) is 6.07 Å². The molecular formula is C13H9BrFN3O. The van der Waals surface area contributed by atoms with Crippen LogP contribution in [0.4, 0.5) is 4.39 Å². The first-order chi connectivity index (χ1) is 9.02. The van der Waals surface area contributed by atoms with Crippen LogP contribution in [0.15, 0.2) is 33.8 Å². The number of hydrogen-bond acceptors (Lipinski definition) is 3. The molecule has 0 aliphatic rings. The van der Waals surface area contributed by atoms with Crippen molar-refractivity contribution in [3.63, 3.8) is 0 Å². The number of rotatable bonds is 2. The van der Waals surface area contributed by atoms with Gasteiger partial charge in [0.1, 0.15) is 10.3 Å². The van der Waals surface area contributed by atoms with Crippen molar-refractivity contribution in [2.75, 3.05) is 0 Å². The molecule has 2 rings (SSSR count). The molecule has 0 N–H and O–H groups in total. The third-order valence-electron chi connectivity index (χ3n) is 2.67. The van der Waals surface area contributed by atoms with Gasteiger partial charge in [0, 0.05) is 5.56 Å². The summed E-state index contributed by atoms with van der Waals surface area (Å²) < 4.78 is 15.3. The van der Waals surface area contributed by atoms with Crippen molar-refractivity contribution in [3.05, 3.63) is 62.0 Å². The summed E-state index contributed by atoms with van der Waals surface area (Å²) in [5.74, 6) is -0.456. The standard InChI is InChI=1S/C13H9BrFN3O/c1-8-12(14)13(19)18(7-17-8)6-10-4-9(5-16)2-3-11(10)15/h2-4,7H,6H2,1H3. The minimum atomic E-state index is -0.456. The first-order valence-corrected chi connectivity index (χ1v) is 6.22. The zero-order valence-corrected chi connectivity index (χ0v) is 11.6. The van der Waals surface area contributed by atoms with Crippen molar-refractivity contribution >= 4 is 15.9 Å². The molecule has 0 bridgehead atoms. The van der Waals surface area contributed by atoms with E-state index in [4.69, 9.17) is 5.26 Å². The van der Waals surface area contributed by atoms with Crippen LogP contribution in [0.3, 0.4) is 0 Å². The first-order valence-electron chi connectivity index (χ1n) is 5.43. The SMILES string of the molecule is Cc1ncn(Cc2cc(C#N)ccc2F)c(=O)c1Br. The van der Waals surface area contributed by atoms with Crippen LogP contribution in [0.5, 0.6) is 0 Å². The van der Waals surface area contributed by atoms with Crippen molar-refractivity contribution in [2.45, 2.75) is 13.5 Å². The number of aryl methyl sites for hydroxylation is 1. The van der Waals surface area contributed by atoms with Gasteiger partial charge >= 0.3 is 0 Å². The highest BCUT2D eigenvalue weighted by Crippen LogP contribution is 2.12. The molecule has 96 valence electrons. The van der Waals surface area contributed by atoms with Crippen molar-refractivity contribution < 1.29 is 4.39 Å². The van der Waals surface area contributed by atoms with Crippen LogP contribution in [0.1, 0.15) is 16.8 Å². The maximum atomic E-state index is 13.6. The molecule has 0 fully saturated rings. The summed E-state index contributed by atoms with van der Waals surface area (Å²) in [5, 5.41) is 8.79. The van der Waals surface area contributed by atoms with Crippen molar-refractivity contribution in [1.29, 1.82) is 5.26 Å². The van der Waals surface area contributed by atoms with E-state index >= 15 is 0 Å². The lowest BCUT2D eigenvalue weighted by Crippen LogP contribution is -2.23.